The quantitative estimate of drug-likeness (QED) is 0.378. The highest BCUT2D eigenvalue weighted by Gasteiger charge is 2.10. The van der Waals surface area contributed by atoms with Gasteiger partial charge in [0.05, 0.1) is 25.7 Å². The Labute approximate surface area is 146 Å². The summed E-state index contributed by atoms with van der Waals surface area (Å²) in [6.45, 7) is 7.20. The molecule has 25 heavy (non-hydrogen) atoms. The van der Waals surface area contributed by atoms with Gasteiger partial charge < -0.3 is 20.9 Å². The smallest absolute Gasteiger partial charge is 0.259 e. The van der Waals surface area contributed by atoms with E-state index in [0.717, 1.165) is 11.3 Å². The molecule has 8 heteroatoms. The molecule has 0 atom stereocenters. The van der Waals surface area contributed by atoms with E-state index in [9.17, 15) is 10.1 Å². The van der Waals surface area contributed by atoms with Crippen LogP contribution in [-0.2, 0) is 6.54 Å². The lowest BCUT2D eigenvalue weighted by Gasteiger charge is -2.06. The van der Waals surface area contributed by atoms with Gasteiger partial charge in [0.2, 0.25) is 5.69 Å². The third-order valence-electron chi connectivity index (χ3n) is 3.02. The lowest BCUT2D eigenvalue weighted by atomic mass is 10.2. The van der Waals surface area contributed by atoms with Crippen molar-refractivity contribution in [3.05, 3.63) is 63.5 Å². The topological polar surface area (TPSA) is 118 Å². The summed E-state index contributed by atoms with van der Waals surface area (Å²) in [7, 11) is 3.03. The first-order chi connectivity index (χ1) is 11.5. The van der Waals surface area contributed by atoms with Gasteiger partial charge in [-0.2, -0.15) is 0 Å². The molecule has 0 saturated carbocycles. The number of benzene rings is 2. The van der Waals surface area contributed by atoms with E-state index in [2.05, 4.69) is 4.85 Å². The molecule has 0 bridgehead atoms. The fourth-order valence-electron chi connectivity index (χ4n) is 1.84. The number of nitrogen functional groups attached to an aromatic ring is 1. The zero-order chi connectivity index (χ0) is 18.1. The molecule has 134 valence electrons. The number of non-ortho nitro benzene ring substituents is 1. The van der Waals surface area contributed by atoms with Crippen molar-refractivity contribution in [2.75, 3.05) is 20.0 Å². The third-order valence-corrected chi connectivity index (χ3v) is 3.02. The van der Waals surface area contributed by atoms with E-state index in [1.165, 1.54) is 25.3 Å². The Morgan fingerprint density at radius 2 is 1.76 bits per heavy atom. The summed E-state index contributed by atoms with van der Waals surface area (Å²) in [6.07, 6.45) is 0. The lowest BCUT2D eigenvalue weighted by molar-refractivity contribution is -0.384. The number of nitro benzene ring substituents is 1. The molecule has 0 unspecified atom stereocenters. The number of ether oxygens (including phenoxy) is 2. The Morgan fingerprint density at radius 3 is 2.24 bits per heavy atom. The van der Waals surface area contributed by atoms with Gasteiger partial charge in [0, 0.05) is 29.9 Å². The van der Waals surface area contributed by atoms with Crippen molar-refractivity contribution in [2.45, 2.75) is 14.0 Å². The minimum absolute atomic E-state index is 0. The number of methoxy groups -OCH3 is 2. The number of nitro groups is 1. The van der Waals surface area contributed by atoms with E-state index in [0.29, 0.717) is 18.0 Å². The molecule has 8 nitrogen and oxygen atoms in total. The van der Waals surface area contributed by atoms with E-state index in [1.54, 1.807) is 13.2 Å². The molecule has 0 amide bonds. The van der Waals surface area contributed by atoms with Crippen LogP contribution in [0.5, 0.6) is 11.5 Å². The third kappa shape index (κ3) is 6.01. The second-order valence-electron chi connectivity index (χ2n) is 4.50. The first-order valence-electron chi connectivity index (χ1n) is 6.79. The van der Waals surface area contributed by atoms with E-state index in [1.807, 2.05) is 12.1 Å². The predicted molar refractivity (Wildman–Crippen MR) is 97.9 cm³/mol. The normalized spacial score (nSPS) is 8.88. The van der Waals surface area contributed by atoms with Gasteiger partial charge in [-0.15, -0.1) is 0 Å². The maximum atomic E-state index is 10.3. The van der Waals surface area contributed by atoms with E-state index >= 15 is 0 Å². The monoisotopic (exact) mass is 346 g/mol. The zero-order valence-electron chi connectivity index (χ0n) is 13.4. The number of rotatable bonds is 4. The molecule has 0 radical (unpaired) electrons. The van der Waals surface area contributed by atoms with Crippen LogP contribution < -0.4 is 20.9 Å². The standard InChI is InChI=1S/C8H6N2O3.C8H12N2O.CH4/c1-9-7-5-6(10(11)12)3-4-8(7)13-2;1-11-8-3-2-7(10)4-6(8)5-9;/h3-5H,2H3;2-4H,5,9-10H2,1H3;1H4. The van der Waals surface area contributed by atoms with Crippen LogP contribution in [0.1, 0.15) is 13.0 Å². The molecule has 0 aromatic heterocycles. The fraction of sp³-hybridized carbons (Fsp3) is 0.235. The Kier molecular flexibility index (Phi) is 9.08. The maximum absolute atomic E-state index is 10.3. The summed E-state index contributed by atoms with van der Waals surface area (Å²) < 4.78 is 9.89. The molecule has 4 N–H and O–H groups in total. The molecule has 2 aromatic rings. The average Bonchev–Trinajstić information content (AvgIpc) is 2.61. The van der Waals surface area contributed by atoms with Gasteiger partial charge in [0.1, 0.15) is 11.5 Å². The minimum atomic E-state index is -0.548. The zero-order valence-corrected chi connectivity index (χ0v) is 13.4. The number of nitrogens with zero attached hydrogens (tertiary/aromatic N) is 2. The van der Waals surface area contributed by atoms with Crippen molar-refractivity contribution in [1.29, 1.82) is 0 Å². The summed E-state index contributed by atoms with van der Waals surface area (Å²) in [5.74, 6) is 1.14. The molecule has 0 aliphatic heterocycles. The molecule has 0 spiro atoms. The van der Waals surface area contributed by atoms with Crippen LogP contribution in [0.25, 0.3) is 4.85 Å². The van der Waals surface area contributed by atoms with Gasteiger partial charge in [-0.05, 0) is 24.3 Å². The van der Waals surface area contributed by atoms with Gasteiger partial charge in [0.25, 0.3) is 5.69 Å². The molecule has 0 fully saturated rings. The summed E-state index contributed by atoms with van der Waals surface area (Å²) in [6, 6.07) is 9.32. The van der Waals surface area contributed by atoms with Crippen molar-refractivity contribution in [3.8, 4) is 11.5 Å². The molecular weight excluding hydrogens is 324 g/mol. The van der Waals surface area contributed by atoms with Crippen molar-refractivity contribution in [3.63, 3.8) is 0 Å². The van der Waals surface area contributed by atoms with Crippen molar-refractivity contribution in [2.24, 2.45) is 5.73 Å². The second-order valence-corrected chi connectivity index (χ2v) is 4.50. The average molecular weight is 346 g/mol. The Hall–Kier alpha value is -3.31. The van der Waals surface area contributed by atoms with Gasteiger partial charge >= 0.3 is 0 Å². The van der Waals surface area contributed by atoms with E-state index in [-0.39, 0.29) is 18.8 Å². The molecule has 0 aliphatic carbocycles. The molecular formula is C17H22N4O4. The molecule has 2 rings (SSSR count). The minimum Gasteiger partial charge on any atom is -0.508 e. The maximum Gasteiger partial charge on any atom is 0.259 e. The van der Waals surface area contributed by atoms with Crippen LogP contribution in [-0.4, -0.2) is 19.1 Å². The van der Waals surface area contributed by atoms with Crippen LogP contribution in [0.2, 0.25) is 0 Å². The Morgan fingerprint density at radius 1 is 1.16 bits per heavy atom. The predicted octanol–water partition coefficient (Wildman–Crippen LogP) is 3.53. The van der Waals surface area contributed by atoms with Gasteiger partial charge in [-0.25, -0.2) is 4.85 Å². The highest BCUT2D eigenvalue weighted by Crippen LogP contribution is 2.31. The Balaban J connectivity index is 0.000000449. The fourth-order valence-corrected chi connectivity index (χ4v) is 1.84. The highest BCUT2D eigenvalue weighted by molar-refractivity contribution is 5.62. The van der Waals surface area contributed by atoms with Crippen LogP contribution in [0.15, 0.2) is 36.4 Å². The first kappa shape index (κ1) is 21.7. The summed E-state index contributed by atoms with van der Waals surface area (Å²) in [5, 5.41) is 10.3. The van der Waals surface area contributed by atoms with Crippen LogP contribution in [0, 0.1) is 16.7 Å². The van der Waals surface area contributed by atoms with Gasteiger partial charge in [-0.1, -0.05) is 7.43 Å². The van der Waals surface area contributed by atoms with E-state index in [4.69, 9.17) is 27.5 Å². The molecule has 0 heterocycles. The summed E-state index contributed by atoms with van der Waals surface area (Å²) >= 11 is 0. The number of hydrogen-bond donors (Lipinski definition) is 2. The van der Waals surface area contributed by atoms with Crippen LogP contribution in [0.3, 0.4) is 0 Å². The van der Waals surface area contributed by atoms with Crippen molar-refractivity contribution in [1.82, 2.24) is 0 Å². The summed E-state index contributed by atoms with van der Waals surface area (Å²) in [5.41, 5.74) is 12.7. The second kappa shape index (κ2) is 10.5. The van der Waals surface area contributed by atoms with E-state index < -0.39 is 4.92 Å². The largest absolute Gasteiger partial charge is 0.508 e. The van der Waals surface area contributed by atoms with Crippen molar-refractivity contribution < 1.29 is 14.4 Å². The van der Waals surface area contributed by atoms with Crippen LogP contribution in [0.4, 0.5) is 17.1 Å². The SMILES string of the molecule is C.COc1ccc(N)cc1CN.[C-]#[N+]c1cc([N+](=O)[O-])ccc1OC. The van der Waals surface area contributed by atoms with Crippen molar-refractivity contribution >= 4 is 17.1 Å². The molecule has 2 aromatic carbocycles. The highest BCUT2D eigenvalue weighted by atomic mass is 16.6. The van der Waals surface area contributed by atoms with Gasteiger partial charge in [-0.3, -0.25) is 10.1 Å². The number of anilines is 1. The lowest BCUT2D eigenvalue weighted by Crippen LogP contribution is -2.00. The number of hydrogen-bond acceptors (Lipinski definition) is 6. The first-order valence-corrected chi connectivity index (χ1v) is 6.79. The van der Waals surface area contributed by atoms with Crippen LogP contribution >= 0.6 is 0 Å². The molecule has 0 aliphatic rings. The molecule has 0 saturated heterocycles. The van der Waals surface area contributed by atoms with Gasteiger partial charge in [0.15, 0.2) is 0 Å². The number of nitrogens with two attached hydrogens (primary N) is 2. The summed E-state index contributed by atoms with van der Waals surface area (Å²) in [4.78, 5) is 12.9. The Bertz CT molecular complexity index is 757.